The number of anilines is 1. The van der Waals surface area contributed by atoms with E-state index in [4.69, 9.17) is 0 Å². The summed E-state index contributed by atoms with van der Waals surface area (Å²) in [6.45, 7) is 6.13. The number of nitrogens with one attached hydrogen (secondary N) is 1. The van der Waals surface area contributed by atoms with Crippen molar-refractivity contribution in [2.75, 3.05) is 24.5 Å². The van der Waals surface area contributed by atoms with Crippen LogP contribution >= 0.6 is 0 Å². The van der Waals surface area contributed by atoms with Gasteiger partial charge in [0.25, 0.3) is 5.56 Å². The first kappa shape index (κ1) is 21.6. The van der Waals surface area contributed by atoms with Gasteiger partial charge in [-0.05, 0) is 6.92 Å². The van der Waals surface area contributed by atoms with Gasteiger partial charge in [-0.25, -0.2) is 9.59 Å². The average molecular weight is 430 g/mol. The van der Waals surface area contributed by atoms with Crippen LogP contribution in [0, 0.1) is 0 Å². The molecule has 2 aromatic heterocycles. The number of hydrogen-bond donors (Lipinski definition) is 1. The predicted molar refractivity (Wildman–Crippen MR) is 101 cm³/mol. The summed E-state index contributed by atoms with van der Waals surface area (Å²) >= 11 is 0. The van der Waals surface area contributed by atoms with Gasteiger partial charge in [-0.3, -0.25) is 18.5 Å². The van der Waals surface area contributed by atoms with Crippen molar-refractivity contribution in [2.24, 2.45) is 14.1 Å². The largest absolute Gasteiger partial charge is 0.491 e. The maximum Gasteiger partial charge on any atom is 0.491 e. The lowest BCUT2D eigenvalue weighted by molar-refractivity contribution is -0.205. The molecule has 0 radical (unpaired) electrons. The Morgan fingerprint density at radius 1 is 1.30 bits per heavy atom. The summed E-state index contributed by atoms with van der Waals surface area (Å²) in [6, 6.07) is 0. The van der Waals surface area contributed by atoms with E-state index in [1.807, 2.05) is 0 Å². The van der Waals surface area contributed by atoms with Gasteiger partial charge in [0.1, 0.15) is 0 Å². The normalized spacial score (nSPS) is 17.4. The van der Waals surface area contributed by atoms with Crippen LogP contribution in [0.1, 0.15) is 6.92 Å². The van der Waals surface area contributed by atoms with Gasteiger partial charge in [-0.15, -0.1) is 0 Å². The third kappa shape index (κ3) is 3.72. The Hall–Kier alpha value is -3.09. The Labute approximate surface area is 168 Å². The second kappa shape index (κ2) is 7.63. The highest BCUT2D eigenvalue weighted by molar-refractivity contribution is 5.77. The van der Waals surface area contributed by atoms with Crippen LogP contribution in [0.25, 0.3) is 11.2 Å². The molecule has 3 heterocycles. The number of ether oxygens (including phenoxy) is 1. The molecule has 164 valence electrons. The molecule has 0 bridgehead atoms. The fourth-order valence-corrected chi connectivity index (χ4v) is 3.28. The number of carbonyl (C=O) groups excluding carboxylic acids is 1. The smallest absolute Gasteiger partial charge is 0.433 e. The van der Waals surface area contributed by atoms with Crippen LogP contribution in [0.15, 0.2) is 21.7 Å². The molecule has 10 nitrogen and oxygen atoms in total. The van der Waals surface area contributed by atoms with E-state index in [2.05, 4.69) is 21.6 Å². The molecule has 13 heteroatoms. The summed E-state index contributed by atoms with van der Waals surface area (Å²) in [7, 11) is 2.76. The fraction of sp³-hybridized carbons (Fsp3) is 0.529. The van der Waals surface area contributed by atoms with Crippen LogP contribution in [0.3, 0.4) is 0 Å². The molecular formula is C17H21F3N6O4. The standard InChI is InChI=1S/C17H21F3N6O4/c1-9(2)8-26-11-12(23(3)16(29)24(4)13(11)27)22-15(26)25-6-5-21-7-10(25)30-14(28)17(18,19)20/h10,21H,1,5-8H2,2-4H3. The predicted octanol–water partition coefficient (Wildman–Crippen LogP) is -0.149. The Morgan fingerprint density at radius 2 is 1.97 bits per heavy atom. The maximum absolute atomic E-state index is 12.8. The average Bonchev–Trinajstić information content (AvgIpc) is 3.03. The molecule has 1 unspecified atom stereocenters. The number of allylic oxidation sites excluding steroid dienone is 1. The van der Waals surface area contributed by atoms with Crippen LogP contribution in [0.2, 0.25) is 0 Å². The van der Waals surface area contributed by atoms with Crippen LogP contribution in [-0.2, 0) is 30.2 Å². The number of imidazole rings is 1. The number of aromatic nitrogens is 4. The zero-order valence-corrected chi connectivity index (χ0v) is 16.6. The molecule has 1 atom stereocenters. The summed E-state index contributed by atoms with van der Waals surface area (Å²) < 4.78 is 46.4. The van der Waals surface area contributed by atoms with E-state index in [1.54, 1.807) is 6.92 Å². The molecule has 1 fully saturated rings. The monoisotopic (exact) mass is 430 g/mol. The SMILES string of the molecule is C=C(C)Cn1c(N2CCNCC2OC(=O)C(F)(F)F)nc2c1c(=O)n(C)c(=O)n2C. The summed E-state index contributed by atoms with van der Waals surface area (Å²) in [6.07, 6.45) is -6.46. The number of hydrogen-bond acceptors (Lipinski definition) is 7. The van der Waals surface area contributed by atoms with Gasteiger partial charge in [-0.2, -0.15) is 18.2 Å². The minimum Gasteiger partial charge on any atom is -0.433 e. The fourth-order valence-electron chi connectivity index (χ4n) is 3.28. The van der Waals surface area contributed by atoms with Crippen molar-refractivity contribution in [1.29, 1.82) is 0 Å². The first-order chi connectivity index (χ1) is 13.9. The molecule has 3 rings (SSSR count). The number of esters is 1. The summed E-state index contributed by atoms with van der Waals surface area (Å²) in [4.78, 5) is 42.2. The summed E-state index contributed by atoms with van der Waals surface area (Å²) in [5.41, 5.74) is -0.396. The zero-order chi connectivity index (χ0) is 22.4. The van der Waals surface area contributed by atoms with E-state index in [0.29, 0.717) is 12.1 Å². The van der Waals surface area contributed by atoms with E-state index in [-0.39, 0.29) is 36.7 Å². The molecule has 1 N–H and O–H groups in total. The topological polar surface area (TPSA) is 103 Å². The number of rotatable bonds is 4. The minimum atomic E-state index is -5.15. The number of carbonyl (C=O) groups is 1. The molecule has 1 saturated heterocycles. The van der Waals surface area contributed by atoms with Gasteiger partial charge in [0.05, 0.1) is 6.54 Å². The lowest BCUT2D eigenvalue weighted by Gasteiger charge is -2.36. The second-order valence-corrected chi connectivity index (χ2v) is 7.09. The number of piperazine rings is 1. The first-order valence-corrected chi connectivity index (χ1v) is 8.99. The van der Waals surface area contributed by atoms with Gasteiger partial charge in [0.2, 0.25) is 5.95 Å². The van der Waals surface area contributed by atoms with Crippen molar-refractivity contribution < 1.29 is 22.7 Å². The van der Waals surface area contributed by atoms with Crippen LogP contribution < -0.4 is 21.5 Å². The van der Waals surface area contributed by atoms with Gasteiger partial charge in [0.15, 0.2) is 17.4 Å². The molecule has 2 aromatic rings. The molecule has 30 heavy (non-hydrogen) atoms. The maximum atomic E-state index is 12.8. The highest BCUT2D eigenvalue weighted by atomic mass is 19.4. The van der Waals surface area contributed by atoms with Gasteiger partial charge >= 0.3 is 17.8 Å². The molecule has 0 saturated carbocycles. The van der Waals surface area contributed by atoms with Crippen LogP contribution in [0.5, 0.6) is 0 Å². The summed E-state index contributed by atoms with van der Waals surface area (Å²) in [5, 5.41) is 2.86. The van der Waals surface area contributed by atoms with Crippen molar-refractivity contribution >= 4 is 23.1 Å². The first-order valence-electron chi connectivity index (χ1n) is 8.99. The Balaban J connectivity index is 2.20. The van der Waals surface area contributed by atoms with Gasteiger partial charge in [0, 0.05) is 33.7 Å². The van der Waals surface area contributed by atoms with E-state index >= 15 is 0 Å². The number of nitrogens with zero attached hydrogens (tertiary/aromatic N) is 5. The minimum absolute atomic E-state index is 0.0683. The highest BCUT2D eigenvalue weighted by Gasteiger charge is 2.44. The number of aryl methyl sites for hydroxylation is 1. The number of halogens is 3. The van der Waals surface area contributed by atoms with E-state index in [9.17, 15) is 27.6 Å². The van der Waals surface area contributed by atoms with Gasteiger partial charge in [-0.1, -0.05) is 12.2 Å². The van der Waals surface area contributed by atoms with Gasteiger partial charge < -0.3 is 15.0 Å². The van der Waals surface area contributed by atoms with E-state index in [1.165, 1.54) is 28.1 Å². The van der Waals surface area contributed by atoms with Crippen molar-refractivity contribution in [3.63, 3.8) is 0 Å². The Morgan fingerprint density at radius 3 is 2.57 bits per heavy atom. The highest BCUT2D eigenvalue weighted by Crippen LogP contribution is 2.25. The number of alkyl halides is 3. The Kier molecular flexibility index (Phi) is 5.50. The molecule has 1 aliphatic heterocycles. The molecule has 0 aliphatic carbocycles. The van der Waals surface area contributed by atoms with Crippen molar-refractivity contribution in [1.82, 2.24) is 24.0 Å². The second-order valence-electron chi connectivity index (χ2n) is 7.09. The van der Waals surface area contributed by atoms with E-state index in [0.717, 1.165) is 4.57 Å². The Bertz CT molecular complexity index is 1130. The van der Waals surface area contributed by atoms with Crippen molar-refractivity contribution in [2.45, 2.75) is 25.9 Å². The summed E-state index contributed by atoms with van der Waals surface area (Å²) in [5.74, 6) is -2.22. The molecule has 0 amide bonds. The van der Waals surface area contributed by atoms with Crippen molar-refractivity contribution in [3.05, 3.63) is 33.0 Å². The molecular weight excluding hydrogens is 409 g/mol. The van der Waals surface area contributed by atoms with Crippen LogP contribution in [-0.4, -0.2) is 56.7 Å². The van der Waals surface area contributed by atoms with Crippen molar-refractivity contribution in [3.8, 4) is 0 Å². The third-order valence-corrected chi connectivity index (χ3v) is 4.68. The zero-order valence-electron chi connectivity index (χ0n) is 16.6. The molecule has 0 aromatic carbocycles. The third-order valence-electron chi connectivity index (χ3n) is 4.68. The molecule has 0 spiro atoms. The quantitative estimate of drug-likeness (QED) is 0.532. The number of fused-ring (bicyclic) bond motifs is 1. The lowest BCUT2D eigenvalue weighted by Crippen LogP contribution is -2.55. The molecule has 1 aliphatic rings. The van der Waals surface area contributed by atoms with Crippen LogP contribution in [0.4, 0.5) is 19.1 Å². The lowest BCUT2D eigenvalue weighted by atomic mass is 10.3. The van der Waals surface area contributed by atoms with E-state index < -0.39 is 29.6 Å².